The normalized spacial score (nSPS) is 19.9. The second-order valence-corrected chi connectivity index (χ2v) is 9.63. The number of fused-ring (bicyclic) bond motifs is 1. The van der Waals surface area contributed by atoms with Gasteiger partial charge in [-0.05, 0) is 30.5 Å². The van der Waals surface area contributed by atoms with Gasteiger partial charge in [-0.2, -0.15) is 0 Å². The molecule has 0 bridgehead atoms. The fourth-order valence-electron chi connectivity index (χ4n) is 3.79. The van der Waals surface area contributed by atoms with Gasteiger partial charge in [0.25, 0.3) is 0 Å². The zero-order valence-corrected chi connectivity index (χ0v) is 17.5. The fourth-order valence-corrected chi connectivity index (χ4v) is 5.36. The van der Waals surface area contributed by atoms with Crippen LogP contribution in [0.1, 0.15) is 18.4 Å². The van der Waals surface area contributed by atoms with Crippen LogP contribution < -0.4 is 14.8 Å². The van der Waals surface area contributed by atoms with Crippen LogP contribution in [0.5, 0.6) is 11.5 Å². The summed E-state index contributed by atoms with van der Waals surface area (Å²) >= 11 is 0. The topological polar surface area (TPSA) is 84.9 Å². The largest absolute Gasteiger partial charge is 0.486 e. The summed E-state index contributed by atoms with van der Waals surface area (Å²) in [5.41, 5.74) is 0.772. The average Bonchev–Trinajstić information content (AvgIpc) is 2.78. The van der Waals surface area contributed by atoms with Crippen LogP contribution in [-0.2, 0) is 20.6 Å². The Balaban J connectivity index is 1.24. The van der Waals surface area contributed by atoms with Crippen molar-refractivity contribution in [3.63, 3.8) is 0 Å². The Morgan fingerprint density at radius 1 is 1.00 bits per heavy atom. The van der Waals surface area contributed by atoms with E-state index >= 15 is 0 Å². The van der Waals surface area contributed by atoms with Crippen molar-refractivity contribution in [2.24, 2.45) is 5.92 Å². The molecule has 30 heavy (non-hydrogen) atoms. The van der Waals surface area contributed by atoms with Gasteiger partial charge in [0, 0.05) is 19.0 Å². The van der Waals surface area contributed by atoms with Gasteiger partial charge >= 0.3 is 0 Å². The van der Waals surface area contributed by atoms with E-state index in [9.17, 15) is 13.2 Å². The van der Waals surface area contributed by atoms with Gasteiger partial charge in [0.2, 0.25) is 15.9 Å². The van der Waals surface area contributed by atoms with Crippen LogP contribution in [0.25, 0.3) is 0 Å². The summed E-state index contributed by atoms with van der Waals surface area (Å²) in [6.45, 7) is 1.47. The molecule has 2 aromatic carbocycles. The second kappa shape index (κ2) is 9.06. The predicted molar refractivity (Wildman–Crippen MR) is 113 cm³/mol. The van der Waals surface area contributed by atoms with Crippen LogP contribution in [0.3, 0.4) is 0 Å². The predicted octanol–water partition coefficient (Wildman–Crippen LogP) is 2.18. The van der Waals surface area contributed by atoms with E-state index in [1.165, 1.54) is 4.31 Å². The summed E-state index contributed by atoms with van der Waals surface area (Å²) in [5, 5.41) is 2.93. The Kier molecular flexibility index (Phi) is 6.24. The molecule has 0 unspecified atom stereocenters. The summed E-state index contributed by atoms with van der Waals surface area (Å²) in [6, 6.07) is 16.6. The third kappa shape index (κ3) is 4.94. The number of nitrogens with one attached hydrogen (secondary N) is 1. The molecule has 160 valence electrons. The molecule has 0 radical (unpaired) electrons. The van der Waals surface area contributed by atoms with Crippen LogP contribution in [0.2, 0.25) is 0 Å². The van der Waals surface area contributed by atoms with Gasteiger partial charge in [0.1, 0.15) is 12.7 Å². The van der Waals surface area contributed by atoms with Crippen LogP contribution >= 0.6 is 0 Å². The van der Waals surface area contributed by atoms with Crippen LogP contribution in [-0.4, -0.2) is 51.0 Å². The van der Waals surface area contributed by atoms with E-state index in [1.54, 1.807) is 0 Å². The van der Waals surface area contributed by atoms with Crippen molar-refractivity contribution in [1.29, 1.82) is 0 Å². The number of hydrogen-bond donors (Lipinski definition) is 1. The lowest BCUT2D eigenvalue weighted by Gasteiger charge is -2.31. The quantitative estimate of drug-likeness (QED) is 0.759. The summed E-state index contributed by atoms with van der Waals surface area (Å²) in [6.07, 6.45) is 0.797. The van der Waals surface area contributed by atoms with Crippen molar-refractivity contribution in [3.05, 3.63) is 60.2 Å². The summed E-state index contributed by atoms with van der Waals surface area (Å²) in [7, 11) is -3.38. The van der Waals surface area contributed by atoms with Crippen LogP contribution in [0, 0.1) is 5.92 Å². The minimum absolute atomic E-state index is 0.00873. The number of piperidine rings is 1. The molecule has 0 aromatic heterocycles. The highest BCUT2D eigenvalue weighted by Gasteiger charge is 2.31. The smallest absolute Gasteiger partial charge is 0.223 e. The van der Waals surface area contributed by atoms with Crippen molar-refractivity contribution in [2.75, 3.05) is 26.2 Å². The van der Waals surface area contributed by atoms with E-state index in [1.807, 2.05) is 54.6 Å². The molecule has 2 aliphatic heterocycles. The number of para-hydroxylation sites is 2. The van der Waals surface area contributed by atoms with Gasteiger partial charge < -0.3 is 14.8 Å². The first-order valence-corrected chi connectivity index (χ1v) is 11.8. The molecule has 4 rings (SSSR count). The average molecular weight is 431 g/mol. The molecule has 1 atom stereocenters. The minimum atomic E-state index is -3.38. The lowest BCUT2D eigenvalue weighted by molar-refractivity contribution is -0.126. The van der Waals surface area contributed by atoms with Crippen molar-refractivity contribution in [2.45, 2.75) is 24.7 Å². The molecular formula is C22H26N2O5S. The lowest BCUT2D eigenvalue weighted by atomic mass is 9.97. The SMILES string of the molecule is O=C(NC[C@H]1COc2ccccc2O1)C1CCN(S(=O)(=O)Cc2ccccc2)CC1. The number of rotatable bonds is 6. The van der Waals surface area contributed by atoms with Crippen molar-refractivity contribution < 1.29 is 22.7 Å². The molecule has 1 amide bonds. The zero-order chi connectivity index (χ0) is 21.0. The molecular weight excluding hydrogens is 404 g/mol. The molecule has 1 saturated heterocycles. The Morgan fingerprint density at radius 3 is 2.40 bits per heavy atom. The first-order valence-electron chi connectivity index (χ1n) is 10.2. The molecule has 7 nitrogen and oxygen atoms in total. The number of benzene rings is 2. The number of ether oxygens (including phenoxy) is 2. The number of hydrogen-bond acceptors (Lipinski definition) is 5. The maximum atomic E-state index is 12.7. The first kappa shape index (κ1) is 20.7. The Morgan fingerprint density at radius 2 is 1.67 bits per heavy atom. The number of sulfonamides is 1. The highest BCUT2D eigenvalue weighted by Crippen LogP contribution is 2.30. The van der Waals surface area contributed by atoms with Crippen molar-refractivity contribution in [1.82, 2.24) is 9.62 Å². The Bertz CT molecular complexity index is 972. The van der Waals surface area contributed by atoms with Crippen LogP contribution in [0.4, 0.5) is 0 Å². The number of carbonyl (C=O) groups excluding carboxylic acids is 1. The van der Waals surface area contributed by atoms with E-state index in [0.29, 0.717) is 50.6 Å². The van der Waals surface area contributed by atoms with E-state index < -0.39 is 10.0 Å². The third-order valence-electron chi connectivity index (χ3n) is 5.48. The molecule has 1 N–H and O–H groups in total. The van der Waals surface area contributed by atoms with E-state index in [2.05, 4.69) is 5.32 Å². The summed E-state index contributed by atoms with van der Waals surface area (Å²) in [5.74, 6) is 1.14. The van der Waals surface area contributed by atoms with Gasteiger partial charge in [-0.1, -0.05) is 42.5 Å². The fraction of sp³-hybridized carbons (Fsp3) is 0.409. The van der Waals surface area contributed by atoms with Crippen molar-refractivity contribution >= 4 is 15.9 Å². The number of carbonyl (C=O) groups is 1. The molecule has 8 heteroatoms. The maximum Gasteiger partial charge on any atom is 0.223 e. The summed E-state index contributed by atoms with van der Waals surface area (Å²) in [4.78, 5) is 12.6. The molecule has 2 heterocycles. The second-order valence-electron chi connectivity index (χ2n) is 7.66. The highest BCUT2D eigenvalue weighted by molar-refractivity contribution is 7.88. The molecule has 0 aliphatic carbocycles. The molecule has 2 aromatic rings. The van der Waals surface area contributed by atoms with E-state index in [-0.39, 0.29) is 23.7 Å². The molecule has 0 spiro atoms. The van der Waals surface area contributed by atoms with Gasteiger partial charge in [0.15, 0.2) is 11.5 Å². The number of nitrogens with zero attached hydrogens (tertiary/aromatic N) is 1. The molecule has 1 fully saturated rings. The van der Waals surface area contributed by atoms with Gasteiger partial charge in [-0.3, -0.25) is 4.79 Å². The summed E-state index contributed by atoms with van der Waals surface area (Å²) < 4.78 is 38.3. The third-order valence-corrected chi connectivity index (χ3v) is 7.33. The first-order chi connectivity index (χ1) is 14.5. The highest BCUT2D eigenvalue weighted by atomic mass is 32.2. The van der Waals surface area contributed by atoms with Crippen molar-refractivity contribution in [3.8, 4) is 11.5 Å². The lowest BCUT2D eigenvalue weighted by Crippen LogP contribution is -2.46. The Hall–Kier alpha value is -2.58. The molecule has 0 saturated carbocycles. The van der Waals surface area contributed by atoms with Gasteiger partial charge in [-0.25, -0.2) is 12.7 Å². The minimum Gasteiger partial charge on any atom is -0.486 e. The van der Waals surface area contributed by atoms with Gasteiger partial charge in [-0.15, -0.1) is 0 Å². The number of amides is 1. The Labute approximate surface area is 177 Å². The molecule has 2 aliphatic rings. The standard InChI is InChI=1S/C22H26N2O5S/c25-22(23-14-19-15-28-20-8-4-5-9-21(20)29-19)18-10-12-24(13-11-18)30(26,27)16-17-6-2-1-3-7-17/h1-9,18-19H,10-16H2,(H,23,25)/t19-/m0/s1. The zero-order valence-electron chi connectivity index (χ0n) is 16.7. The van der Waals surface area contributed by atoms with Gasteiger partial charge in [0.05, 0.1) is 12.3 Å². The maximum absolute atomic E-state index is 12.7. The van der Waals surface area contributed by atoms with E-state index in [0.717, 1.165) is 5.56 Å². The monoisotopic (exact) mass is 430 g/mol. The van der Waals surface area contributed by atoms with E-state index in [4.69, 9.17) is 9.47 Å². The van der Waals surface area contributed by atoms with Crippen LogP contribution in [0.15, 0.2) is 54.6 Å².